The second-order valence-electron chi connectivity index (χ2n) is 3.43. The van der Waals surface area contributed by atoms with E-state index in [0.29, 0.717) is 0 Å². The third-order valence-corrected chi connectivity index (χ3v) is 3.18. The van der Waals surface area contributed by atoms with E-state index in [9.17, 15) is 4.21 Å². The molecule has 2 nitrogen and oxygen atoms in total. The van der Waals surface area contributed by atoms with E-state index in [2.05, 4.69) is 10.7 Å². The van der Waals surface area contributed by atoms with E-state index in [0.717, 1.165) is 12.2 Å². The quantitative estimate of drug-likeness (QED) is 0.523. The molecule has 0 aromatic rings. The van der Waals surface area contributed by atoms with Crippen LogP contribution in [0.3, 0.4) is 0 Å². The van der Waals surface area contributed by atoms with E-state index in [1.54, 1.807) is 18.0 Å². The lowest BCUT2D eigenvalue weighted by atomic mass is 10.3. The maximum absolute atomic E-state index is 11.3. The van der Waals surface area contributed by atoms with Crippen LogP contribution in [-0.4, -0.2) is 27.2 Å². The van der Waals surface area contributed by atoms with Crippen LogP contribution in [0.2, 0.25) is 0 Å². The predicted molar refractivity (Wildman–Crippen MR) is 59.4 cm³/mol. The molecule has 0 radical (unpaired) electrons. The topological polar surface area (TPSA) is 29.4 Å². The summed E-state index contributed by atoms with van der Waals surface area (Å²) in [4.78, 5) is 0. The predicted octanol–water partition coefficient (Wildman–Crippen LogP) is 2.27. The Morgan fingerprint density at radius 1 is 1.50 bits per heavy atom. The summed E-state index contributed by atoms with van der Waals surface area (Å²) in [6.45, 7) is 5.78. The van der Waals surface area contributed by atoms with E-state index < -0.39 is 11.0 Å². The Morgan fingerprint density at radius 3 is 2.50 bits per heavy atom. The summed E-state index contributed by atoms with van der Waals surface area (Å²) in [6, 6.07) is 0. The molecule has 0 spiro atoms. The number of hydrogen-bond donors (Lipinski definition) is 0. The van der Waals surface area contributed by atoms with Crippen LogP contribution in [0, 0.1) is 0 Å². The zero-order chi connectivity index (χ0) is 9.61. The molecule has 0 saturated heterocycles. The molecule has 0 fully saturated rings. The van der Waals surface area contributed by atoms with Gasteiger partial charge in [0.2, 0.25) is 0 Å². The molecule has 72 valence electrons. The fourth-order valence-electron chi connectivity index (χ4n) is 0.449. The van der Waals surface area contributed by atoms with Crippen LogP contribution in [0.1, 0.15) is 27.2 Å². The van der Waals surface area contributed by atoms with Crippen molar-refractivity contribution < 1.29 is 4.21 Å². The number of hydrogen-bond acceptors (Lipinski definition) is 2. The van der Waals surface area contributed by atoms with Crippen LogP contribution < -0.4 is 0 Å². The van der Waals surface area contributed by atoms with Crippen LogP contribution in [0.4, 0.5) is 0 Å². The molecule has 1 atom stereocenters. The Kier molecular flexibility index (Phi) is 5.84. The first-order chi connectivity index (χ1) is 5.48. The molecule has 0 aliphatic heterocycles. The van der Waals surface area contributed by atoms with Crippen LogP contribution in [-0.2, 0) is 11.0 Å². The monoisotopic (exact) mass is 207 g/mol. The van der Waals surface area contributed by atoms with Gasteiger partial charge in [0.1, 0.15) is 11.0 Å². The van der Waals surface area contributed by atoms with E-state index in [1.165, 1.54) is 0 Å². The first-order valence-electron chi connectivity index (χ1n) is 3.92. The molecule has 0 saturated carbocycles. The molecular formula is C8H17NOS2. The Morgan fingerprint density at radius 2 is 2.08 bits per heavy atom. The molecule has 4 heteroatoms. The maximum Gasteiger partial charge on any atom is 0.144 e. The summed E-state index contributed by atoms with van der Waals surface area (Å²) >= 11 is 1.77. The van der Waals surface area contributed by atoms with Crippen molar-refractivity contribution in [1.29, 1.82) is 0 Å². The number of rotatable bonds is 4. The Balaban J connectivity index is 3.77. The molecule has 0 bridgehead atoms. The zero-order valence-electron chi connectivity index (χ0n) is 8.16. The van der Waals surface area contributed by atoms with Crippen molar-refractivity contribution in [3.05, 3.63) is 0 Å². The minimum absolute atomic E-state index is 0.226. The molecule has 0 heterocycles. The van der Waals surface area contributed by atoms with Gasteiger partial charge >= 0.3 is 0 Å². The van der Waals surface area contributed by atoms with Gasteiger partial charge in [0, 0.05) is 6.21 Å². The molecule has 0 amide bonds. The summed E-state index contributed by atoms with van der Waals surface area (Å²) in [5, 5.41) is 0. The second-order valence-corrected chi connectivity index (χ2v) is 6.35. The average molecular weight is 207 g/mol. The molecule has 0 aromatic heterocycles. The molecule has 0 rings (SSSR count). The third-order valence-electron chi connectivity index (χ3n) is 1.15. The Labute approximate surface area is 81.8 Å². The van der Waals surface area contributed by atoms with E-state index in [4.69, 9.17) is 0 Å². The van der Waals surface area contributed by atoms with Crippen molar-refractivity contribution in [2.75, 3.05) is 12.0 Å². The van der Waals surface area contributed by atoms with Crippen molar-refractivity contribution in [3.63, 3.8) is 0 Å². The van der Waals surface area contributed by atoms with Gasteiger partial charge in [0.05, 0.1) is 4.75 Å². The van der Waals surface area contributed by atoms with Gasteiger partial charge in [-0.05, 0) is 39.2 Å². The van der Waals surface area contributed by atoms with Crippen molar-refractivity contribution in [2.45, 2.75) is 31.9 Å². The van der Waals surface area contributed by atoms with Crippen molar-refractivity contribution in [3.8, 4) is 0 Å². The van der Waals surface area contributed by atoms with Crippen LogP contribution in [0.25, 0.3) is 0 Å². The van der Waals surface area contributed by atoms with Crippen molar-refractivity contribution >= 4 is 29.0 Å². The molecule has 0 unspecified atom stereocenters. The van der Waals surface area contributed by atoms with Gasteiger partial charge in [-0.25, -0.2) is 4.21 Å². The van der Waals surface area contributed by atoms with Gasteiger partial charge < -0.3 is 0 Å². The molecule has 0 aliphatic carbocycles. The molecule has 12 heavy (non-hydrogen) atoms. The van der Waals surface area contributed by atoms with Gasteiger partial charge in [0.25, 0.3) is 0 Å². The average Bonchev–Trinajstić information content (AvgIpc) is 1.96. The van der Waals surface area contributed by atoms with Gasteiger partial charge in [-0.1, -0.05) is 0 Å². The summed E-state index contributed by atoms with van der Waals surface area (Å²) in [5.74, 6) is 1.05. The van der Waals surface area contributed by atoms with Crippen molar-refractivity contribution in [2.24, 2.45) is 4.40 Å². The van der Waals surface area contributed by atoms with Crippen molar-refractivity contribution in [1.82, 2.24) is 0 Å². The largest absolute Gasteiger partial charge is 0.234 e. The highest BCUT2D eigenvalue weighted by molar-refractivity contribution is 7.98. The highest BCUT2D eigenvalue weighted by Crippen LogP contribution is 2.11. The Bertz CT molecular complexity index is 172. The molecule has 0 aliphatic rings. The third kappa shape index (κ3) is 5.77. The minimum Gasteiger partial charge on any atom is -0.234 e. The number of thioether (sulfide) groups is 1. The van der Waals surface area contributed by atoms with Gasteiger partial charge in [0.15, 0.2) is 0 Å². The SMILES string of the molecule is CSCC/C=N/[S@](=O)C(C)(C)C. The van der Waals surface area contributed by atoms with Gasteiger partial charge in [-0.2, -0.15) is 16.2 Å². The normalized spacial score (nSPS) is 15.3. The lowest BCUT2D eigenvalue weighted by Crippen LogP contribution is -2.19. The highest BCUT2D eigenvalue weighted by Gasteiger charge is 2.17. The van der Waals surface area contributed by atoms with Gasteiger partial charge in [-0.15, -0.1) is 0 Å². The second kappa shape index (κ2) is 5.75. The van der Waals surface area contributed by atoms with E-state index in [-0.39, 0.29) is 4.75 Å². The molecule has 0 aromatic carbocycles. The number of nitrogens with zero attached hydrogens (tertiary/aromatic N) is 1. The van der Waals surface area contributed by atoms with E-state index in [1.807, 2.05) is 20.8 Å². The van der Waals surface area contributed by atoms with Crippen LogP contribution in [0.5, 0.6) is 0 Å². The first kappa shape index (κ1) is 12.2. The summed E-state index contributed by atoms with van der Waals surface area (Å²) in [5.41, 5.74) is 0. The summed E-state index contributed by atoms with van der Waals surface area (Å²) in [7, 11) is -1.08. The first-order valence-corrected chi connectivity index (χ1v) is 6.42. The smallest absolute Gasteiger partial charge is 0.144 e. The van der Waals surface area contributed by atoms with Crippen LogP contribution in [0.15, 0.2) is 4.40 Å². The fourth-order valence-corrected chi connectivity index (χ4v) is 1.35. The summed E-state index contributed by atoms with van der Waals surface area (Å²) < 4.78 is 15.1. The lowest BCUT2D eigenvalue weighted by Gasteiger charge is -2.12. The minimum atomic E-state index is -1.08. The maximum atomic E-state index is 11.3. The molecule has 0 N–H and O–H groups in total. The highest BCUT2D eigenvalue weighted by atomic mass is 32.2. The fraction of sp³-hybridized carbons (Fsp3) is 0.875. The van der Waals surface area contributed by atoms with Gasteiger partial charge in [-0.3, -0.25) is 0 Å². The Hall–Kier alpha value is 0.170. The van der Waals surface area contributed by atoms with E-state index >= 15 is 0 Å². The standard InChI is InChI=1S/C8H17NOS2/c1-8(2,3)12(10)9-6-5-7-11-4/h6H,5,7H2,1-4H3/b9-6+/t12-/m1/s1. The summed E-state index contributed by atoms with van der Waals surface area (Å²) in [6.07, 6.45) is 4.72. The zero-order valence-corrected chi connectivity index (χ0v) is 9.80. The molecular weight excluding hydrogens is 190 g/mol. The van der Waals surface area contributed by atoms with Crippen LogP contribution >= 0.6 is 11.8 Å². The lowest BCUT2D eigenvalue weighted by molar-refractivity contribution is 0.651.